The van der Waals surface area contributed by atoms with E-state index in [1.165, 1.54) is 0 Å². The maximum Gasteiger partial charge on any atom is 0.314 e. The highest BCUT2D eigenvalue weighted by Crippen LogP contribution is 2.54. The van der Waals surface area contributed by atoms with Crippen molar-refractivity contribution in [1.29, 1.82) is 0 Å². The topological polar surface area (TPSA) is 57.5 Å². The van der Waals surface area contributed by atoms with Crippen molar-refractivity contribution in [2.75, 3.05) is 6.61 Å². The van der Waals surface area contributed by atoms with Gasteiger partial charge in [-0.15, -0.1) is 0 Å². The Morgan fingerprint density at radius 1 is 1.47 bits per heavy atom. The molecular weight excluding hydrogens is 216 g/mol. The zero-order valence-electron chi connectivity index (χ0n) is 7.98. The molecule has 2 atom stereocenters. The number of aliphatic carboxylic acids is 1. The molecule has 4 heteroatoms. The molecule has 2 rings (SSSR count). The van der Waals surface area contributed by atoms with Crippen LogP contribution in [0.15, 0.2) is 24.3 Å². The van der Waals surface area contributed by atoms with Gasteiger partial charge < -0.3 is 10.2 Å². The van der Waals surface area contributed by atoms with Crippen LogP contribution in [0.2, 0.25) is 5.02 Å². The fraction of sp³-hybridized carbons (Fsp3) is 0.364. The van der Waals surface area contributed by atoms with Gasteiger partial charge in [0.05, 0.1) is 5.41 Å². The van der Waals surface area contributed by atoms with Crippen LogP contribution in [-0.4, -0.2) is 22.8 Å². The summed E-state index contributed by atoms with van der Waals surface area (Å²) in [6.45, 7) is -0.0884. The van der Waals surface area contributed by atoms with Crippen molar-refractivity contribution < 1.29 is 15.0 Å². The minimum absolute atomic E-state index is 0.0884. The van der Waals surface area contributed by atoms with Gasteiger partial charge in [-0.2, -0.15) is 0 Å². The smallest absolute Gasteiger partial charge is 0.314 e. The van der Waals surface area contributed by atoms with Gasteiger partial charge in [-0.3, -0.25) is 4.79 Å². The molecule has 0 amide bonds. The Kier molecular flexibility index (Phi) is 2.44. The predicted molar refractivity (Wildman–Crippen MR) is 56.0 cm³/mol. The summed E-state index contributed by atoms with van der Waals surface area (Å²) in [6.07, 6.45) is 0.500. The van der Waals surface area contributed by atoms with Crippen LogP contribution < -0.4 is 0 Å². The third kappa shape index (κ3) is 1.52. The number of benzene rings is 1. The zero-order valence-corrected chi connectivity index (χ0v) is 8.74. The maximum atomic E-state index is 11.2. The van der Waals surface area contributed by atoms with E-state index in [9.17, 15) is 9.90 Å². The number of carboxylic acids is 1. The minimum atomic E-state index is -0.890. The van der Waals surface area contributed by atoms with Crippen LogP contribution >= 0.6 is 11.6 Å². The Hall–Kier alpha value is -1.06. The van der Waals surface area contributed by atoms with Crippen LogP contribution in [0, 0.1) is 5.92 Å². The van der Waals surface area contributed by atoms with Crippen LogP contribution in [0.3, 0.4) is 0 Å². The van der Waals surface area contributed by atoms with Gasteiger partial charge in [0.2, 0.25) is 0 Å². The molecule has 0 spiro atoms. The monoisotopic (exact) mass is 226 g/mol. The van der Waals surface area contributed by atoms with Gasteiger partial charge in [-0.25, -0.2) is 0 Å². The van der Waals surface area contributed by atoms with Crippen LogP contribution in [0.25, 0.3) is 0 Å². The van der Waals surface area contributed by atoms with Gasteiger partial charge in [-0.05, 0) is 24.1 Å². The molecule has 0 bridgehead atoms. The fourth-order valence-corrected chi connectivity index (χ4v) is 2.16. The number of halogens is 1. The summed E-state index contributed by atoms with van der Waals surface area (Å²) in [6, 6.07) is 6.78. The maximum absolute atomic E-state index is 11.2. The second-order valence-corrected chi connectivity index (χ2v) is 4.30. The summed E-state index contributed by atoms with van der Waals surface area (Å²) in [7, 11) is 0. The molecule has 15 heavy (non-hydrogen) atoms. The molecule has 1 aromatic rings. The highest BCUT2D eigenvalue weighted by atomic mass is 35.5. The van der Waals surface area contributed by atoms with E-state index in [1.54, 1.807) is 24.3 Å². The molecule has 0 heterocycles. The second-order valence-electron chi connectivity index (χ2n) is 3.87. The Morgan fingerprint density at radius 3 is 2.47 bits per heavy atom. The number of aliphatic hydroxyl groups excluding tert-OH is 1. The first kappa shape index (κ1) is 10.5. The van der Waals surface area contributed by atoms with Crippen molar-refractivity contribution in [3.8, 4) is 0 Å². The van der Waals surface area contributed by atoms with Crippen molar-refractivity contribution >= 4 is 17.6 Å². The highest BCUT2D eigenvalue weighted by Gasteiger charge is 2.61. The summed E-state index contributed by atoms with van der Waals surface area (Å²) < 4.78 is 0. The first-order valence-corrected chi connectivity index (χ1v) is 5.09. The molecule has 0 unspecified atom stereocenters. The quantitative estimate of drug-likeness (QED) is 0.825. The van der Waals surface area contributed by atoms with E-state index in [-0.39, 0.29) is 12.5 Å². The molecule has 1 fully saturated rings. The van der Waals surface area contributed by atoms with Crippen molar-refractivity contribution in [3.05, 3.63) is 34.9 Å². The average Bonchev–Trinajstić information content (AvgIpc) is 2.94. The van der Waals surface area contributed by atoms with Crippen molar-refractivity contribution in [2.24, 2.45) is 5.92 Å². The molecular formula is C11H11ClO3. The lowest BCUT2D eigenvalue weighted by atomic mass is 9.93. The largest absolute Gasteiger partial charge is 0.481 e. The van der Waals surface area contributed by atoms with E-state index in [2.05, 4.69) is 0 Å². The molecule has 1 saturated carbocycles. The summed E-state index contributed by atoms with van der Waals surface area (Å²) in [5.74, 6) is -1.04. The summed E-state index contributed by atoms with van der Waals surface area (Å²) in [5, 5.41) is 18.8. The fourth-order valence-electron chi connectivity index (χ4n) is 2.04. The Morgan fingerprint density at radius 2 is 2.07 bits per heavy atom. The van der Waals surface area contributed by atoms with E-state index >= 15 is 0 Å². The summed E-state index contributed by atoms with van der Waals surface area (Å²) in [4.78, 5) is 11.2. The number of carboxylic acid groups (broad SMARTS) is 1. The molecule has 3 nitrogen and oxygen atoms in total. The highest BCUT2D eigenvalue weighted by molar-refractivity contribution is 6.30. The van der Waals surface area contributed by atoms with Gasteiger partial charge in [0.1, 0.15) is 0 Å². The lowest BCUT2D eigenvalue weighted by Gasteiger charge is -2.11. The van der Waals surface area contributed by atoms with Crippen molar-refractivity contribution in [2.45, 2.75) is 11.8 Å². The van der Waals surface area contributed by atoms with Crippen LogP contribution in [0.1, 0.15) is 12.0 Å². The van der Waals surface area contributed by atoms with Crippen molar-refractivity contribution in [1.82, 2.24) is 0 Å². The molecule has 1 aliphatic carbocycles. The van der Waals surface area contributed by atoms with Gasteiger partial charge in [-0.1, -0.05) is 23.7 Å². The SMILES string of the molecule is O=C(O)[C@@]1(c2ccc(Cl)cc2)C[C@H]1CO. The van der Waals surface area contributed by atoms with Gasteiger partial charge in [0.25, 0.3) is 0 Å². The number of carbonyl (C=O) groups is 1. The van der Waals surface area contributed by atoms with E-state index in [1.807, 2.05) is 0 Å². The molecule has 0 radical (unpaired) electrons. The first-order chi connectivity index (χ1) is 7.11. The summed E-state index contributed by atoms with van der Waals surface area (Å²) >= 11 is 5.74. The van der Waals surface area contributed by atoms with Crippen molar-refractivity contribution in [3.63, 3.8) is 0 Å². The molecule has 0 aliphatic heterocycles. The minimum Gasteiger partial charge on any atom is -0.481 e. The zero-order chi connectivity index (χ0) is 11.1. The number of aliphatic hydroxyl groups is 1. The van der Waals surface area contributed by atoms with E-state index in [0.717, 1.165) is 5.56 Å². The Labute approximate surface area is 92.3 Å². The predicted octanol–water partition coefficient (Wildman–Crippen LogP) is 1.67. The van der Waals surface area contributed by atoms with E-state index < -0.39 is 11.4 Å². The van der Waals surface area contributed by atoms with Crippen LogP contribution in [0.5, 0.6) is 0 Å². The van der Waals surface area contributed by atoms with Gasteiger partial charge in [0.15, 0.2) is 0 Å². The number of hydrogen-bond acceptors (Lipinski definition) is 2. The number of hydrogen-bond donors (Lipinski definition) is 2. The van der Waals surface area contributed by atoms with E-state index in [4.69, 9.17) is 16.7 Å². The lowest BCUT2D eigenvalue weighted by molar-refractivity contribution is -0.140. The van der Waals surface area contributed by atoms with Crippen LogP contribution in [-0.2, 0) is 10.2 Å². The van der Waals surface area contributed by atoms with Gasteiger partial charge >= 0.3 is 5.97 Å². The standard InChI is InChI=1S/C11H11ClO3/c12-9-3-1-7(2-4-9)11(10(14)15)5-8(11)6-13/h1-4,8,13H,5-6H2,(H,14,15)/t8-,11+/m0/s1. The molecule has 2 N–H and O–H groups in total. The average molecular weight is 227 g/mol. The second kappa shape index (κ2) is 3.51. The molecule has 1 aliphatic rings. The molecule has 0 aromatic heterocycles. The molecule has 80 valence electrons. The molecule has 1 aromatic carbocycles. The Balaban J connectivity index is 2.36. The molecule has 0 saturated heterocycles. The summed E-state index contributed by atoms with van der Waals surface area (Å²) in [5.41, 5.74) is -0.169. The van der Waals surface area contributed by atoms with Crippen LogP contribution in [0.4, 0.5) is 0 Å². The van der Waals surface area contributed by atoms with Gasteiger partial charge in [0, 0.05) is 17.5 Å². The normalized spacial score (nSPS) is 28.8. The lowest BCUT2D eigenvalue weighted by Crippen LogP contribution is -2.23. The Bertz CT molecular complexity index is 387. The van der Waals surface area contributed by atoms with E-state index in [0.29, 0.717) is 11.4 Å². The third-order valence-electron chi connectivity index (χ3n) is 3.07. The first-order valence-electron chi connectivity index (χ1n) is 4.71. The third-order valence-corrected chi connectivity index (χ3v) is 3.32. The number of rotatable bonds is 3.